The van der Waals surface area contributed by atoms with Crippen LogP contribution < -0.4 is 4.90 Å². The van der Waals surface area contributed by atoms with Crippen LogP contribution in [0.3, 0.4) is 0 Å². The van der Waals surface area contributed by atoms with Crippen LogP contribution in [0.1, 0.15) is 35.9 Å². The number of hydrogen-bond acceptors (Lipinski definition) is 6. The Bertz CT molecular complexity index is 990. The van der Waals surface area contributed by atoms with Crippen LogP contribution in [0.25, 0.3) is 10.2 Å². The third-order valence-corrected chi connectivity index (χ3v) is 6.15. The van der Waals surface area contributed by atoms with Crippen LogP contribution in [0, 0.1) is 6.92 Å². The maximum Gasteiger partial charge on any atom is 0.280 e. The van der Waals surface area contributed by atoms with Crippen LogP contribution in [0.5, 0.6) is 0 Å². The first-order valence-corrected chi connectivity index (χ1v) is 10.9. The Labute approximate surface area is 174 Å². The summed E-state index contributed by atoms with van der Waals surface area (Å²) in [5.41, 5.74) is 2.57. The number of benzene rings is 1. The van der Waals surface area contributed by atoms with E-state index < -0.39 is 0 Å². The molecule has 1 aliphatic rings. The third kappa shape index (κ3) is 4.49. The number of morpholine rings is 1. The monoisotopic (exact) mass is 413 g/mol. The van der Waals surface area contributed by atoms with E-state index in [1.54, 1.807) is 22.3 Å². The Morgan fingerprint density at radius 1 is 1.28 bits per heavy atom. The molecule has 1 aliphatic heterocycles. The number of carbonyl (C=O) groups excluding carboxylic acids is 1. The van der Waals surface area contributed by atoms with Gasteiger partial charge in [0.1, 0.15) is 0 Å². The number of nitrogens with zero attached hydrogens (tertiary/aromatic N) is 5. The Kier molecular flexibility index (Phi) is 5.94. The van der Waals surface area contributed by atoms with Crippen LogP contribution in [0.4, 0.5) is 5.13 Å². The van der Waals surface area contributed by atoms with Crippen molar-refractivity contribution >= 4 is 32.6 Å². The van der Waals surface area contributed by atoms with Crippen molar-refractivity contribution in [3.05, 3.63) is 41.7 Å². The molecule has 3 aromatic rings. The summed E-state index contributed by atoms with van der Waals surface area (Å²) in [6.45, 7) is 10.8. The van der Waals surface area contributed by atoms with Crippen LogP contribution in [-0.4, -0.2) is 65.0 Å². The largest absolute Gasteiger partial charge is 0.379 e. The maximum absolute atomic E-state index is 13.4. The standard InChI is InChI=1S/C21H27N5O2S/c1-15(2)26-7-6-18(23-26)20(27)25(9-8-24-10-12-28-13-11-24)21-22-17-5-4-16(3)14-19(17)29-21/h4-7,14-15H,8-13H2,1-3H3. The molecule has 0 radical (unpaired) electrons. The predicted molar refractivity (Wildman–Crippen MR) is 116 cm³/mol. The molecule has 0 aliphatic carbocycles. The van der Waals surface area contributed by atoms with E-state index in [0.29, 0.717) is 12.2 Å². The van der Waals surface area contributed by atoms with Gasteiger partial charge < -0.3 is 4.74 Å². The molecule has 1 amide bonds. The summed E-state index contributed by atoms with van der Waals surface area (Å²) >= 11 is 1.56. The van der Waals surface area contributed by atoms with Gasteiger partial charge in [-0.25, -0.2) is 4.98 Å². The first-order chi connectivity index (χ1) is 14.0. The van der Waals surface area contributed by atoms with Gasteiger partial charge in [-0.3, -0.25) is 19.3 Å². The molecule has 29 heavy (non-hydrogen) atoms. The average Bonchev–Trinajstić information content (AvgIpc) is 3.36. The topological polar surface area (TPSA) is 63.5 Å². The second-order valence-corrected chi connectivity index (χ2v) is 8.66. The van der Waals surface area contributed by atoms with Crippen LogP contribution >= 0.6 is 11.3 Å². The van der Waals surface area contributed by atoms with Gasteiger partial charge in [0.05, 0.1) is 23.4 Å². The Morgan fingerprint density at radius 2 is 2.07 bits per heavy atom. The highest BCUT2D eigenvalue weighted by Crippen LogP contribution is 2.30. The Balaban J connectivity index is 1.62. The van der Waals surface area contributed by atoms with Crippen LogP contribution in [0.2, 0.25) is 0 Å². The van der Waals surface area contributed by atoms with E-state index in [9.17, 15) is 4.79 Å². The van der Waals surface area contributed by atoms with Gasteiger partial charge in [0.2, 0.25) is 0 Å². The lowest BCUT2D eigenvalue weighted by Crippen LogP contribution is -2.43. The maximum atomic E-state index is 13.4. The van der Waals surface area contributed by atoms with Crippen LogP contribution in [-0.2, 0) is 4.74 Å². The highest BCUT2D eigenvalue weighted by Gasteiger charge is 2.24. The molecule has 0 bridgehead atoms. The first kappa shape index (κ1) is 20.0. The number of carbonyl (C=O) groups is 1. The second kappa shape index (κ2) is 8.61. The number of aromatic nitrogens is 3. The zero-order valence-corrected chi connectivity index (χ0v) is 18.0. The molecule has 0 spiro atoms. The van der Waals surface area contributed by atoms with Gasteiger partial charge in [-0.1, -0.05) is 17.4 Å². The van der Waals surface area contributed by atoms with Crippen molar-refractivity contribution in [2.45, 2.75) is 26.8 Å². The molecular weight excluding hydrogens is 386 g/mol. The zero-order valence-electron chi connectivity index (χ0n) is 17.2. The van der Waals surface area contributed by atoms with Gasteiger partial charge in [-0.2, -0.15) is 5.10 Å². The van der Waals surface area contributed by atoms with Gasteiger partial charge in [0, 0.05) is 38.4 Å². The minimum Gasteiger partial charge on any atom is -0.379 e. The summed E-state index contributed by atoms with van der Waals surface area (Å²) in [5, 5.41) is 5.21. The highest BCUT2D eigenvalue weighted by molar-refractivity contribution is 7.22. The van der Waals surface area contributed by atoms with Gasteiger partial charge in [-0.05, 0) is 44.5 Å². The fourth-order valence-corrected chi connectivity index (χ4v) is 4.45. The van der Waals surface area contributed by atoms with Crippen molar-refractivity contribution < 1.29 is 9.53 Å². The van der Waals surface area contributed by atoms with E-state index in [1.165, 1.54) is 5.56 Å². The number of rotatable bonds is 6. The lowest BCUT2D eigenvalue weighted by molar-refractivity contribution is 0.0391. The van der Waals surface area contributed by atoms with E-state index in [2.05, 4.69) is 29.1 Å². The molecule has 0 unspecified atom stereocenters. The summed E-state index contributed by atoms with van der Waals surface area (Å²) in [5.74, 6) is -0.103. The summed E-state index contributed by atoms with van der Waals surface area (Å²) in [4.78, 5) is 22.2. The molecule has 0 saturated carbocycles. The molecule has 1 saturated heterocycles. The molecule has 3 heterocycles. The van der Waals surface area contributed by atoms with Gasteiger partial charge in [0.15, 0.2) is 10.8 Å². The van der Waals surface area contributed by atoms with Crippen molar-refractivity contribution in [3.8, 4) is 0 Å². The van der Waals surface area contributed by atoms with Crippen molar-refractivity contribution in [3.63, 3.8) is 0 Å². The summed E-state index contributed by atoms with van der Waals surface area (Å²) < 4.78 is 8.35. The number of hydrogen-bond donors (Lipinski definition) is 0. The second-order valence-electron chi connectivity index (χ2n) is 7.65. The molecule has 1 fully saturated rings. The zero-order chi connectivity index (χ0) is 20.4. The lowest BCUT2D eigenvalue weighted by Gasteiger charge is -2.29. The molecule has 8 heteroatoms. The van der Waals surface area contributed by atoms with Gasteiger partial charge >= 0.3 is 0 Å². The summed E-state index contributed by atoms with van der Waals surface area (Å²) in [6, 6.07) is 8.19. The molecule has 154 valence electrons. The fraction of sp³-hybridized carbons (Fsp3) is 0.476. The number of fused-ring (bicyclic) bond motifs is 1. The molecule has 4 rings (SSSR count). The minimum atomic E-state index is -0.103. The minimum absolute atomic E-state index is 0.103. The summed E-state index contributed by atoms with van der Waals surface area (Å²) in [7, 11) is 0. The van der Waals surface area contributed by atoms with Crippen molar-refractivity contribution in [1.29, 1.82) is 0 Å². The van der Waals surface area contributed by atoms with E-state index in [-0.39, 0.29) is 11.9 Å². The number of amides is 1. The average molecular weight is 414 g/mol. The number of aryl methyl sites for hydroxylation is 1. The highest BCUT2D eigenvalue weighted by atomic mass is 32.1. The normalized spacial score (nSPS) is 15.3. The van der Waals surface area contributed by atoms with Crippen molar-refractivity contribution in [1.82, 2.24) is 19.7 Å². The van der Waals surface area contributed by atoms with Gasteiger partial charge in [-0.15, -0.1) is 0 Å². The van der Waals surface area contributed by atoms with E-state index in [1.807, 2.05) is 30.8 Å². The Hall–Kier alpha value is -2.29. The number of anilines is 1. The number of thiazole rings is 1. The van der Waals surface area contributed by atoms with Gasteiger partial charge in [0.25, 0.3) is 5.91 Å². The summed E-state index contributed by atoms with van der Waals surface area (Å²) in [6.07, 6.45) is 1.86. The number of ether oxygens (including phenoxy) is 1. The molecular formula is C21H27N5O2S. The van der Waals surface area contributed by atoms with Crippen molar-refractivity contribution in [2.75, 3.05) is 44.3 Å². The molecule has 2 aromatic heterocycles. The van der Waals surface area contributed by atoms with E-state index >= 15 is 0 Å². The van der Waals surface area contributed by atoms with Crippen LogP contribution in [0.15, 0.2) is 30.5 Å². The first-order valence-electron chi connectivity index (χ1n) is 10.1. The molecule has 0 atom stereocenters. The fourth-order valence-electron chi connectivity index (χ4n) is 3.36. The molecule has 7 nitrogen and oxygen atoms in total. The van der Waals surface area contributed by atoms with Crippen molar-refractivity contribution in [2.24, 2.45) is 0 Å². The van der Waals surface area contributed by atoms with E-state index in [4.69, 9.17) is 9.72 Å². The third-order valence-electron chi connectivity index (χ3n) is 5.11. The lowest BCUT2D eigenvalue weighted by atomic mass is 10.2. The molecule has 1 aromatic carbocycles. The smallest absolute Gasteiger partial charge is 0.280 e. The SMILES string of the molecule is Cc1ccc2nc(N(CCN3CCOCC3)C(=O)c3ccn(C(C)C)n3)sc2c1. The predicted octanol–water partition coefficient (Wildman–Crippen LogP) is 3.36. The quantitative estimate of drug-likeness (QED) is 0.620. The van der Waals surface area contributed by atoms with E-state index in [0.717, 1.165) is 48.2 Å². The Morgan fingerprint density at radius 3 is 2.79 bits per heavy atom. The molecule has 0 N–H and O–H groups in total.